The standard InChI is InChI=1S/C17H27NO3S/c1-17(2,3)15-8-6-14(7-9-15)13-18-22(19,20)16-5-4-11-21-12-10-16/h6-9,16,18H,4-5,10-13H2,1-3H3. The van der Waals surface area contributed by atoms with Crippen molar-refractivity contribution < 1.29 is 13.2 Å². The molecule has 0 spiro atoms. The van der Waals surface area contributed by atoms with Gasteiger partial charge in [0.25, 0.3) is 0 Å². The Kier molecular flexibility index (Phi) is 5.64. The summed E-state index contributed by atoms with van der Waals surface area (Å²) >= 11 is 0. The fraction of sp³-hybridized carbons (Fsp3) is 0.647. The first-order valence-corrected chi connectivity index (χ1v) is 9.49. The number of sulfonamides is 1. The number of benzene rings is 1. The van der Waals surface area contributed by atoms with E-state index in [0.717, 1.165) is 12.0 Å². The molecule has 0 aliphatic carbocycles. The van der Waals surface area contributed by atoms with Crippen LogP contribution in [0.1, 0.15) is 51.2 Å². The lowest BCUT2D eigenvalue weighted by Crippen LogP contribution is -2.34. The van der Waals surface area contributed by atoms with Crippen molar-refractivity contribution >= 4 is 10.0 Å². The lowest BCUT2D eigenvalue weighted by atomic mass is 9.87. The number of rotatable bonds is 4. The monoisotopic (exact) mass is 325 g/mol. The van der Waals surface area contributed by atoms with Gasteiger partial charge in [0.15, 0.2) is 0 Å². The highest BCUT2D eigenvalue weighted by Crippen LogP contribution is 2.22. The van der Waals surface area contributed by atoms with Crippen LogP contribution in [-0.4, -0.2) is 26.9 Å². The quantitative estimate of drug-likeness (QED) is 0.926. The molecule has 0 radical (unpaired) electrons. The topological polar surface area (TPSA) is 55.4 Å². The van der Waals surface area contributed by atoms with Crippen LogP contribution in [-0.2, 0) is 26.7 Å². The van der Waals surface area contributed by atoms with Gasteiger partial charge in [-0.15, -0.1) is 0 Å². The van der Waals surface area contributed by atoms with Crippen LogP contribution in [0.15, 0.2) is 24.3 Å². The van der Waals surface area contributed by atoms with Gasteiger partial charge in [0.1, 0.15) is 0 Å². The van der Waals surface area contributed by atoms with Crippen LogP contribution < -0.4 is 4.72 Å². The van der Waals surface area contributed by atoms with Crippen LogP contribution in [0.5, 0.6) is 0 Å². The van der Waals surface area contributed by atoms with Crippen LogP contribution in [0.4, 0.5) is 0 Å². The first-order valence-electron chi connectivity index (χ1n) is 7.95. The zero-order valence-corrected chi connectivity index (χ0v) is 14.6. The molecule has 1 fully saturated rings. The molecule has 1 aromatic carbocycles. The minimum Gasteiger partial charge on any atom is -0.381 e. The van der Waals surface area contributed by atoms with E-state index in [4.69, 9.17) is 4.74 Å². The second-order valence-corrected chi connectivity index (χ2v) is 9.02. The SMILES string of the molecule is CC(C)(C)c1ccc(CNS(=O)(=O)C2CCCOCC2)cc1. The number of hydrogen-bond donors (Lipinski definition) is 1. The molecule has 0 bridgehead atoms. The van der Waals surface area contributed by atoms with Gasteiger partial charge in [0, 0.05) is 19.8 Å². The third kappa shape index (κ3) is 4.80. The molecule has 0 saturated carbocycles. The Labute approximate surface area is 134 Å². The Bertz CT molecular complexity index is 565. The highest BCUT2D eigenvalue weighted by molar-refractivity contribution is 7.90. The summed E-state index contributed by atoms with van der Waals surface area (Å²) < 4.78 is 32.8. The van der Waals surface area contributed by atoms with E-state index in [0.29, 0.717) is 32.6 Å². The summed E-state index contributed by atoms with van der Waals surface area (Å²) in [7, 11) is -3.27. The van der Waals surface area contributed by atoms with Crippen LogP contribution in [0.25, 0.3) is 0 Å². The van der Waals surface area contributed by atoms with E-state index < -0.39 is 10.0 Å². The van der Waals surface area contributed by atoms with Crippen molar-refractivity contribution in [2.75, 3.05) is 13.2 Å². The molecule has 1 atom stereocenters. The van der Waals surface area contributed by atoms with Gasteiger partial charge in [0.2, 0.25) is 10.0 Å². The minimum atomic E-state index is -3.27. The Morgan fingerprint density at radius 1 is 1.14 bits per heavy atom. The van der Waals surface area contributed by atoms with Crippen molar-refractivity contribution in [2.24, 2.45) is 0 Å². The Balaban J connectivity index is 1.96. The van der Waals surface area contributed by atoms with Gasteiger partial charge >= 0.3 is 0 Å². The maximum Gasteiger partial charge on any atom is 0.214 e. The van der Waals surface area contributed by atoms with Crippen molar-refractivity contribution in [3.63, 3.8) is 0 Å². The molecule has 4 nitrogen and oxygen atoms in total. The minimum absolute atomic E-state index is 0.110. The van der Waals surface area contributed by atoms with E-state index in [2.05, 4.69) is 37.6 Å². The third-order valence-electron chi connectivity index (χ3n) is 4.14. The van der Waals surface area contributed by atoms with Gasteiger partial charge in [0.05, 0.1) is 5.25 Å². The van der Waals surface area contributed by atoms with Crippen LogP contribution >= 0.6 is 0 Å². The molecule has 5 heteroatoms. The van der Waals surface area contributed by atoms with Crippen molar-refractivity contribution in [2.45, 2.75) is 57.2 Å². The smallest absolute Gasteiger partial charge is 0.214 e. The molecule has 1 aliphatic heterocycles. The van der Waals surface area contributed by atoms with E-state index in [9.17, 15) is 8.42 Å². The zero-order valence-electron chi connectivity index (χ0n) is 13.8. The summed E-state index contributed by atoms with van der Waals surface area (Å²) in [6.07, 6.45) is 2.07. The van der Waals surface area contributed by atoms with Crippen LogP contribution in [0.3, 0.4) is 0 Å². The van der Waals surface area contributed by atoms with Crippen LogP contribution in [0.2, 0.25) is 0 Å². The van der Waals surface area contributed by atoms with E-state index in [1.54, 1.807) is 0 Å². The molecule has 0 amide bonds. The van der Waals surface area contributed by atoms with Crippen molar-refractivity contribution in [1.29, 1.82) is 0 Å². The van der Waals surface area contributed by atoms with Crippen molar-refractivity contribution in [1.82, 2.24) is 4.72 Å². The lowest BCUT2D eigenvalue weighted by molar-refractivity contribution is 0.144. The predicted molar refractivity (Wildman–Crippen MR) is 89.4 cm³/mol. The zero-order chi connectivity index (χ0) is 16.2. The number of ether oxygens (including phenoxy) is 1. The molecule has 1 heterocycles. The van der Waals surface area contributed by atoms with Crippen molar-refractivity contribution in [3.8, 4) is 0 Å². The van der Waals surface area contributed by atoms with Gasteiger partial charge < -0.3 is 4.74 Å². The molecule has 2 rings (SSSR count). The van der Waals surface area contributed by atoms with E-state index in [1.165, 1.54) is 5.56 Å². The molecular formula is C17H27NO3S. The van der Waals surface area contributed by atoms with Gasteiger partial charge in [-0.25, -0.2) is 13.1 Å². The summed E-state index contributed by atoms with van der Waals surface area (Å²) in [6.45, 7) is 8.05. The van der Waals surface area contributed by atoms with Crippen LogP contribution in [0, 0.1) is 0 Å². The van der Waals surface area contributed by atoms with E-state index in [1.807, 2.05) is 12.1 Å². The van der Waals surface area contributed by atoms with Gasteiger partial charge in [-0.3, -0.25) is 0 Å². The summed E-state index contributed by atoms with van der Waals surface area (Å²) in [5, 5.41) is -0.330. The second-order valence-electron chi connectivity index (χ2n) is 6.98. The van der Waals surface area contributed by atoms with E-state index in [-0.39, 0.29) is 10.7 Å². The van der Waals surface area contributed by atoms with Gasteiger partial charge in [-0.1, -0.05) is 45.0 Å². The molecule has 0 aromatic heterocycles. The molecule has 1 unspecified atom stereocenters. The normalized spacial score (nSPS) is 20.6. The average molecular weight is 325 g/mol. The molecule has 1 aliphatic rings. The first kappa shape index (κ1) is 17.4. The summed E-state index contributed by atoms with van der Waals surface area (Å²) in [5.41, 5.74) is 2.35. The first-order chi connectivity index (χ1) is 10.3. The van der Waals surface area contributed by atoms with Gasteiger partial charge in [-0.2, -0.15) is 0 Å². The maximum absolute atomic E-state index is 12.4. The summed E-state index contributed by atoms with van der Waals surface area (Å²) in [6, 6.07) is 8.14. The number of hydrogen-bond acceptors (Lipinski definition) is 3. The molecule has 1 aromatic rings. The fourth-order valence-corrected chi connectivity index (χ4v) is 4.10. The van der Waals surface area contributed by atoms with Gasteiger partial charge in [-0.05, 0) is 35.8 Å². The Morgan fingerprint density at radius 2 is 1.82 bits per heavy atom. The molecule has 1 saturated heterocycles. The average Bonchev–Trinajstić information content (AvgIpc) is 2.74. The molecular weight excluding hydrogens is 298 g/mol. The fourth-order valence-electron chi connectivity index (χ4n) is 2.61. The third-order valence-corrected chi connectivity index (χ3v) is 6.03. The predicted octanol–water partition coefficient (Wildman–Crippen LogP) is 2.97. The van der Waals surface area contributed by atoms with Crippen molar-refractivity contribution in [3.05, 3.63) is 35.4 Å². The second kappa shape index (κ2) is 7.11. The summed E-state index contributed by atoms with van der Waals surface area (Å²) in [4.78, 5) is 0. The Hall–Kier alpha value is -0.910. The maximum atomic E-state index is 12.4. The highest BCUT2D eigenvalue weighted by Gasteiger charge is 2.26. The molecule has 22 heavy (non-hydrogen) atoms. The Morgan fingerprint density at radius 3 is 2.45 bits per heavy atom. The summed E-state index contributed by atoms with van der Waals surface area (Å²) in [5.74, 6) is 0. The highest BCUT2D eigenvalue weighted by atomic mass is 32.2. The largest absolute Gasteiger partial charge is 0.381 e. The number of nitrogens with one attached hydrogen (secondary N) is 1. The molecule has 124 valence electrons. The lowest BCUT2D eigenvalue weighted by Gasteiger charge is -2.19. The molecule has 1 N–H and O–H groups in total. The van der Waals surface area contributed by atoms with E-state index >= 15 is 0 Å².